The lowest BCUT2D eigenvalue weighted by Gasteiger charge is -2.20. The second-order valence-electron chi connectivity index (χ2n) is 6.03. The van der Waals surface area contributed by atoms with E-state index in [9.17, 15) is 0 Å². The van der Waals surface area contributed by atoms with Gasteiger partial charge in [0.2, 0.25) is 0 Å². The van der Waals surface area contributed by atoms with Gasteiger partial charge in [0.25, 0.3) is 0 Å². The maximum atomic E-state index is 6.11. The van der Waals surface area contributed by atoms with E-state index in [1.165, 1.54) is 5.56 Å². The third kappa shape index (κ3) is 3.33. The van der Waals surface area contributed by atoms with E-state index in [-0.39, 0.29) is 5.92 Å². The molecule has 1 aromatic carbocycles. The Labute approximate surface area is 133 Å². The largest absolute Gasteiger partial charge is 0.494 e. The molecular weight excluding hydrogens is 274 g/mol. The van der Waals surface area contributed by atoms with Crippen molar-refractivity contribution >= 4 is 0 Å². The quantitative estimate of drug-likeness (QED) is 0.890. The molecule has 0 radical (unpaired) electrons. The van der Waals surface area contributed by atoms with E-state index in [1.807, 2.05) is 24.7 Å². The molecule has 0 saturated carbocycles. The predicted molar refractivity (Wildman–Crippen MR) is 90.5 cm³/mol. The van der Waals surface area contributed by atoms with Gasteiger partial charge in [-0.2, -0.15) is 5.10 Å². The van der Waals surface area contributed by atoms with Crippen molar-refractivity contribution in [2.75, 3.05) is 13.2 Å². The summed E-state index contributed by atoms with van der Waals surface area (Å²) in [6.07, 6.45) is 0. The molecule has 0 aliphatic heterocycles. The highest BCUT2D eigenvalue weighted by molar-refractivity contribution is 5.43. The standard InChI is InChI=1S/C18H27N3O/c1-6-22-18-8-7-13(4)9-14(18)15(11-19)17-10-16(12(2)3)20-21(17)5/h7-10,12,15H,6,11,19H2,1-5H3. The third-order valence-corrected chi connectivity index (χ3v) is 3.96. The van der Waals surface area contributed by atoms with E-state index in [0.29, 0.717) is 19.1 Å². The van der Waals surface area contributed by atoms with Crippen LogP contribution in [0.2, 0.25) is 0 Å². The van der Waals surface area contributed by atoms with Crippen LogP contribution < -0.4 is 10.5 Å². The molecule has 0 aliphatic carbocycles. The van der Waals surface area contributed by atoms with Crippen LogP contribution in [0.3, 0.4) is 0 Å². The van der Waals surface area contributed by atoms with E-state index in [4.69, 9.17) is 10.5 Å². The molecule has 0 spiro atoms. The topological polar surface area (TPSA) is 53.1 Å². The molecule has 22 heavy (non-hydrogen) atoms. The van der Waals surface area contributed by atoms with Crippen molar-refractivity contribution < 1.29 is 4.74 Å². The Morgan fingerprint density at radius 2 is 2.00 bits per heavy atom. The summed E-state index contributed by atoms with van der Waals surface area (Å²) >= 11 is 0. The maximum Gasteiger partial charge on any atom is 0.123 e. The summed E-state index contributed by atoms with van der Waals surface area (Å²) in [5.41, 5.74) is 10.7. The highest BCUT2D eigenvalue weighted by atomic mass is 16.5. The van der Waals surface area contributed by atoms with Crippen molar-refractivity contribution in [2.24, 2.45) is 12.8 Å². The summed E-state index contributed by atoms with van der Waals surface area (Å²) in [5.74, 6) is 1.41. The number of ether oxygens (including phenoxy) is 1. The molecule has 1 heterocycles. The Kier molecular flexibility index (Phi) is 5.24. The Morgan fingerprint density at radius 1 is 1.27 bits per heavy atom. The lowest BCUT2D eigenvalue weighted by Crippen LogP contribution is -2.18. The number of aryl methyl sites for hydroxylation is 2. The van der Waals surface area contributed by atoms with Crippen LogP contribution in [0.15, 0.2) is 24.3 Å². The summed E-state index contributed by atoms with van der Waals surface area (Å²) in [6.45, 7) is 9.58. The monoisotopic (exact) mass is 301 g/mol. The van der Waals surface area contributed by atoms with E-state index in [2.05, 4.69) is 44.1 Å². The zero-order chi connectivity index (χ0) is 16.3. The molecule has 4 heteroatoms. The van der Waals surface area contributed by atoms with Gasteiger partial charge >= 0.3 is 0 Å². The maximum absolute atomic E-state index is 6.11. The molecule has 0 aliphatic rings. The highest BCUT2D eigenvalue weighted by Gasteiger charge is 2.22. The fourth-order valence-corrected chi connectivity index (χ4v) is 2.75. The molecule has 120 valence electrons. The second kappa shape index (κ2) is 6.97. The van der Waals surface area contributed by atoms with Crippen LogP contribution >= 0.6 is 0 Å². The van der Waals surface area contributed by atoms with Gasteiger partial charge in [-0.1, -0.05) is 31.5 Å². The van der Waals surface area contributed by atoms with Crippen LogP contribution in [0.5, 0.6) is 5.75 Å². The van der Waals surface area contributed by atoms with E-state index >= 15 is 0 Å². The van der Waals surface area contributed by atoms with Gasteiger partial charge in [0.05, 0.1) is 12.3 Å². The molecule has 0 fully saturated rings. The van der Waals surface area contributed by atoms with Gasteiger partial charge in [-0.3, -0.25) is 4.68 Å². The predicted octanol–water partition coefficient (Wildman–Crippen LogP) is 3.34. The average molecular weight is 301 g/mol. The van der Waals surface area contributed by atoms with E-state index in [0.717, 1.165) is 22.7 Å². The normalized spacial score (nSPS) is 12.7. The lowest BCUT2D eigenvalue weighted by atomic mass is 9.92. The summed E-state index contributed by atoms with van der Waals surface area (Å²) in [7, 11) is 1.99. The van der Waals surface area contributed by atoms with Gasteiger partial charge in [0.15, 0.2) is 0 Å². The molecule has 0 saturated heterocycles. The Bertz CT molecular complexity index is 631. The summed E-state index contributed by atoms with van der Waals surface area (Å²) in [6, 6.07) is 8.45. The number of nitrogens with zero attached hydrogens (tertiary/aromatic N) is 2. The molecular formula is C18H27N3O. The minimum absolute atomic E-state index is 0.0893. The first kappa shape index (κ1) is 16.6. The smallest absolute Gasteiger partial charge is 0.123 e. The Morgan fingerprint density at radius 3 is 2.55 bits per heavy atom. The van der Waals surface area contributed by atoms with Gasteiger partial charge in [0, 0.05) is 30.8 Å². The number of benzene rings is 1. The average Bonchev–Trinajstić information content (AvgIpc) is 2.85. The fraction of sp³-hybridized carbons (Fsp3) is 0.500. The number of hydrogen-bond acceptors (Lipinski definition) is 3. The molecule has 1 unspecified atom stereocenters. The molecule has 4 nitrogen and oxygen atoms in total. The first-order valence-electron chi connectivity index (χ1n) is 7.95. The molecule has 2 N–H and O–H groups in total. The number of hydrogen-bond donors (Lipinski definition) is 1. The zero-order valence-electron chi connectivity index (χ0n) is 14.3. The summed E-state index contributed by atoms with van der Waals surface area (Å²) in [4.78, 5) is 0. The second-order valence-corrected chi connectivity index (χ2v) is 6.03. The van der Waals surface area contributed by atoms with E-state index < -0.39 is 0 Å². The third-order valence-electron chi connectivity index (χ3n) is 3.96. The molecule has 0 amide bonds. The zero-order valence-corrected chi connectivity index (χ0v) is 14.3. The van der Waals surface area contributed by atoms with Crippen molar-refractivity contribution in [1.29, 1.82) is 0 Å². The number of rotatable bonds is 6. The van der Waals surface area contributed by atoms with Crippen LogP contribution in [0, 0.1) is 6.92 Å². The minimum Gasteiger partial charge on any atom is -0.494 e. The van der Waals surface area contributed by atoms with Crippen LogP contribution in [-0.4, -0.2) is 22.9 Å². The SMILES string of the molecule is CCOc1ccc(C)cc1C(CN)c1cc(C(C)C)nn1C. The molecule has 2 rings (SSSR count). The van der Waals surface area contributed by atoms with Crippen molar-refractivity contribution in [3.8, 4) is 5.75 Å². The van der Waals surface area contributed by atoms with E-state index in [1.54, 1.807) is 0 Å². The van der Waals surface area contributed by atoms with Crippen molar-refractivity contribution in [3.05, 3.63) is 46.8 Å². The number of nitrogens with two attached hydrogens (primary N) is 1. The molecule has 2 aromatic rings. The summed E-state index contributed by atoms with van der Waals surface area (Å²) < 4.78 is 7.75. The number of aromatic nitrogens is 2. The first-order valence-corrected chi connectivity index (χ1v) is 7.95. The van der Waals surface area contributed by atoms with Crippen LogP contribution in [0.1, 0.15) is 55.1 Å². The summed E-state index contributed by atoms with van der Waals surface area (Å²) in [5, 5.41) is 4.62. The lowest BCUT2D eigenvalue weighted by molar-refractivity contribution is 0.335. The van der Waals surface area contributed by atoms with Gasteiger partial charge in [0.1, 0.15) is 5.75 Å². The molecule has 1 aromatic heterocycles. The van der Waals surface area contributed by atoms with Crippen molar-refractivity contribution in [1.82, 2.24) is 9.78 Å². The van der Waals surface area contributed by atoms with Gasteiger partial charge in [-0.25, -0.2) is 0 Å². The van der Waals surface area contributed by atoms with Crippen LogP contribution in [0.25, 0.3) is 0 Å². The highest BCUT2D eigenvalue weighted by Crippen LogP contribution is 2.33. The van der Waals surface area contributed by atoms with Gasteiger partial charge < -0.3 is 10.5 Å². The van der Waals surface area contributed by atoms with Crippen LogP contribution in [-0.2, 0) is 7.05 Å². The van der Waals surface area contributed by atoms with Gasteiger partial charge in [-0.05, 0) is 31.9 Å². The van der Waals surface area contributed by atoms with Crippen molar-refractivity contribution in [3.63, 3.8) is 0 Å². The molecule has 0 bridgehead atoms. The Balaban J connectivity index is 2.50. The van der Waals surface area contributed by atoms with Crippen molar-refractivity contribution in [2.45, 2.75) is 39.5 Å². The minimum atomic E-state index is 0.0893. The fourth-order valence-electron chi connectivity index (χ4n) is 2.75. The first-order chi connectivity index (χ1) is 10.5. The Hall–Kier alpha value is -1.81. The van der Waals surface area contributed by atoms with Gasteiger partial charge in [-0.15, -0.1) is 0 Å². The molecule has 1 atom stereocenters. The van der Waals surface area contributed by atoms with Crippen LogP contribution in [0.4, 0.5) is 0 Å².